The highest BCUT2D eigenvalue weighted by molar-refractivity contribution is 5.75. The number of carbonyl (C=O) groups is 1. The van der Waals surface area contributed by atoms with Crippen LogP contribution in [0.4, 0.5) is 10.5 Å². The number of hydrogen-bond donors (Lipinski definition) is 1. The predicted molar refractivity (Wildman–Crippen MR) is 105 cm³/mol. The summed E-state index contributed by atoms with van der Waals surface area (Å²) in [5.74, 6) is 0.229. The van der Waals surface area contributed by atoms with Gasteiger partial charge in [-0.2, -0.15) is 0 Å². The van der Waals surface area contributed by atoms with Gasteiger partial charge < -0.3 is 15.5 Å². The van der Waals surface area contributed by atoms with Gasteiger partial charge in [-0.1, -0.05) is 18.9 Å². The Morgan fingerprint density at radius 2 is 1.81 bits per heavy atom. The molecule has 2 heterocycles. The van der Waals surface area contributed by atoms with Crippen LogP contribution in [0.2, 0.25) is 0 Å². The minimum atomic E-state index is 0.0776. The highest BCUT2D eigenvalue weighted by atomic mass is 16.2. The van der Waals surface area contributed by atoms with Crippen molar-refractivity contribution in [3.63, 3.8) is 0 Å². The molecule has 1 saturated carbocycles. The van der Waals surface area contributed by atoms with E-state index in [9.17, 15) is 4.79 Å². The van der Waals surface area contributed by atoms with Gasteiger partial charge in [-0.3, -0.25) is 4.98 Å². The van der Waals surface area contributed by atoms with E-state index in [2.05, 4.69) is 6.08 Å². The van der Waals surface area contributed by atoms with Crippen molar-refractivity contribution in [3.8, 4) is 0 Å². The molecule has 140 valence electrons. The molecule has 5 heteroatoms. The zero-order chi connectivity index (χ0) is 18.3. The third kappa shape index (κ3) is 3.08. The van der Waals surface area contributed by atoms with E-state index in [1.807, 2.05) is 26.2 Å². The lowest BCUT2D eigenvalue weighted by Gasteiger charge is -2.36. The number of anilines is 1. The maximum Gasteiger partial charge on any atom is 0.319 e. The Labute approximate surface area is 156 Å². The smallest absolute Gasteiger partial charge is 0.319 e. The van der Waals surface area contributed by atoms with Crippen molar-refractivity contribution in [2.45, 2.75) is 50.9 Å². The number of rotatable bonds is 2. The molecule has 1 aromatic rings. The lowest BCUT2D eigenvalue weighted by Crippen LogP contribution is -2.49. The van der Waals surface area contributed by atoms with Crippen molar-refractivity contribution in [1.29, 1.82) is 0 Å². The number of likely N-dealkylation sites (N-methyl/N-ethyl adjacent to an activating group) is 2. The van der Waals surface area contributed by atoms with Gasteiger partial charge in [0.05, 0.1) is 11.4 Å². The molecule has 0 aromatic carbocycles. The summed E-state index contributed by atoms with van der Waals surface area (Å²) < 4.78 is 0. The van der Waals surface area contributed by atoms with Crippen LogP contribution in [0.1, 0.15) is 62.3 Å². The van der Waals surface area contributed by atoms with Crippen molar-refractivity contribution in [1.82, 2.24) is 14.8 Å². The van der Waals surface area contributed by atoms with Crippen LogP contribution >= 0.6 is 0 Å². The molecule has 4 rings (SSSR count). The SMILES string of the molecule is CN1CC(c2ccc(N)c(C3=CCC4(CCCC4)CC3)n2)CN(C)C1=O. The molecular formula is C21H30N4O. The fourth-order valence-corrected chi connectivity index (χ4v) is 5.06. The lowest BCUT2D eigenvalue weighted by atomic mass is 9.73. The van der Waals surface area contributed by atoms with Crippen LogP contribution in [0.3, 0.4) is 0 Å². The number of nitrogen functional groups attached to an aromatic ring is 1. The van der Waals surface area contributed by atoms with Crippen LogP contribution in [0.5, 0.6) is 0 Å². The fraction of sp³-hybridized carbons (Fsp3) is 0.619. The van der Waals surface area contributed by atoms with Crippen LogP contribution in [0, 0.1) is 5.41 Å². The van der Waals surface area contributed by atoms with Crippen molar-refractivity contribution in [3.05, 3.63) is 29.6 Å². The van der Waals surface area contributed by atoms with E-state index in [4.69, 9.17) is 10.7 Å². The molecule has 0 radical (unpaired) electrons. The Morgan fingerprint density at radius 3 is 2.42 bits per heavy atom. The number of aromatic nitrogens is 1. The Balaban J connectivity index is 1.57. The summed E-state index contributed by atoms with van der Waals surface area (Å²) in [7, 11) is 3.71. The molecule has 26 heavy (non-hydrogen) atoms. The van der Waals surface area contributed by atoms with E-state index in [1.165, 1.54) is 44.1 Å². The number of carbonyl (C=O) groups excluding carboxylic acids is 1. The summed E-state index contributed by atoms with van der Waals surface area (Å²) in [6.45, 7) is 1.42. The first kappa shape index (κ1) is 17.4. The molecule has 5 nitrogen and oxygen atoms in total. The molecule has 1 aromatic heterocycles. The summed E-state index contributed by atoms with van der Waals surface area (Å²) in [6, 6.07) is 4.10. The minimum absolute atomic E-state index is 0.0776. The molecule has 1 spiro atoms. The summed E-state index contributed by atoms with van der Waals surface area (Å²) in [5, 5.41) is 0. The Morgan fingerprint density at radius 1 is 1.12 bits per heavy atom. The van der Waals surface area contributed by atoms with E-state index in [0.717, 1.165) is 23.5 Å². The number of urea groups is 1. The van der Waals surface area contributed by atoms with E-state index in [0.29, 0.717) is 18.5 Å². The minimum Gasteiger partial charge on any atom is -0.397 e. The summed E-state index contributed by atoms with van der Waals surface area (Å²) in [5.41, 5.74) is 11.0. The molecule has 2 N–H and O–H groups in total. The fourth-order valence-electron chi connectivity index (χ4n) is 5.06. The highest BCUT2D eigenvalue weighted by Crippen LogP contribution is 2.49. The van der Waals surface area contributed by atoms with Gasteiger partial charge in [0.15, 0.2) is 0 Å². The average molecular weight is 354 g/mol. The van der Waals surface area contributed by atoms with Gasteiger partial charge in [0, 0.05) is 38.8 Å². The molecule has 0 unspecified atom stereocenters. The van der Waals surface area contributed by atoms with Gasteiger partial charge >= 0.3 is 6.03 Å². The first-order chi connectivity index (χ1) is 12.5. The van der Waals surface area contributed by atoms with Gasteiger partial charge in [0.2, 0.25) is 0 Å². The van der Waals surface area contributed by atoms with Crippen molar-refractivity contribution >= 4 is 17.3 Å². The first-order valence-electron chi connectivity index (χ1n) is 9.89. The molecule has 3 aliphatic rings. The van der Waals surface area contributed by atoms with Gasteiger partial charge in [-0.25, -0.2) is 4.79 Å². The number of allylic oxidation sites excluding steroid dienone is 2. The summed E-state index contributed by atoms with van der Waals surface area (Å²) in [4.78, 5) is 20.5. The molecular weight excluding hydrogens is 324 g/mol. The van der Waals surface area contributed by atoms with E-state index < -0.39 is 0 Å². The van der Waals surface area contributed by atoms with Gasteiger partial charge in [0.1, 0.15) is 0 Å². The van der Waals surface area contributed by atoms with Gasteiger partial charge in [-0.05, 0) is 55.2 Å². The quantitative estimate of drug-likeness (QED) is 0.877. The third-order valence-corrected chi connectivity index (χ3v) is 6.68. The van der Waals surface area contributed by atoms with Crippen LogP contribution in [-0.4, -0.2) is 48.0 Å². The average Bonchev–Trinajstić information content (AvgIpc) is 3.09. The molecule has 0 bridgehead atoms. The molecule has 2 fully saturated rings. The monoisotopic (exact) mass is 354 g/mol. The Hall–Kier alpha value is -2.04. The second-order valence-electron chi connectivity index (χ2n) is 8.56. The van der Waals surface area contributed by atoms with Gasteiger partial charge in [-0.15, -0.1) is 0 Å². The Bertz CT molecular complexity index is 722. The standard InChI is InChI=1S/C21H30N4O/c1-24-13-16(14-25(2)20(24)26)18-6-5-17(22)19(23-18)15-7-11-21(12-8-15)9-3-4-10-21/h5-7,16H,3-4,8-14,22H2,1-2H3. The Kier molecular flexibility index (Phi) is 4.41. The molecule has 0 atom stereocenters. The second-order valence-corrected chi connectivity index (χ2v) is 8.56. The maximum atomic E-state index is 12.0. The molecule has 2 aliphatic carbocycles. The second kappa shape index (κ2) is 6.60. The largest absolute Gasteiger partial charge is 0.397 e. The molecule has 1 aliphatic heterocycles. The normalized spacial score (nSPS) is 23.6. The van der Waals surface area contributed by atoms with Gasteiger partial charge in [0.25, 0.3) is 0 Å². The maximum absolute atomic E-state index is 12.0. The zero-order valence-corrected chi connectivity index (χ0v) is 16.0. The van der Waals surface area contributed by atoms with Crippen LogP contribution in [0.25, 0.3) is 5.57 Å². The van der Waals surface area contributed by atoms with Crippen LogP contribution in [-0.2, 0) is 0 Å². The zero-order valence-electron chi connectivity index (χ0n) is 16.0. The summed E-state index contributed by atoms with van der Waals surface area (Å²) >= 11 is 0. The lowest BCUT2D eigenvalue weighted by molar-refractivity contribution is 0.144. The van der Waals surface area contributed by atoms with E-state index >= 15 is 0 Å². The van der Waals surface area contributed by atoms with Crippen molar-refractivity contribution < 1.29 is 4.79 Å². The van der Waals surface area contributed by atoms with Crippen LogP contribution in [0.15, 0.2) is 18.2 Å². The van der Waals surface area contributed by atoms with Crippen LogP contribution < -0.4 is 5.73 Å². The molecule has 1 saturated heterocycles. The van der Waals surface area contributed by atoms with Crippen molar-refractivity contribution in [2.75, 3.05) is 32.9 Å². The number of pyridine rings is 1. The number of hydrogen-bond acceptors (Lipinski definition) is 3. The third-order valence-electron chi connectivity index (χ3n) is 6.68. The number of nitrogens with zero attached hydrogens (tertiary/aromatic N) is 3. The first-order valence-corrected chi connectivity index (χ1v) is 9.89. The molecule has 2 amide bonds. The highest BCUT2D eigenvalue weighted by Gasteiger charge is 2.35. The number of amides is 2. The van der Waals surface area contributed by atoms with Crippen molar-refractivity contribution in [2.24, 2.45) is 5.41 Å². The summed E-state index contributed by atoms with van der Waals surface area (Å²) in [6.07, 6.45) is 11.5. The topological polar surface area (TPSA) is 62.5 Å². The van der Waals surface area contributed by atoms with E-state index in [1.54, 1.807) is 9.80 Å². The predicted octanol–water partition coefficient (Wildman–Crippen LogP) is 3.87. The van der Waals surface area contributed by atoms with E-state index in [-0.39, 0.29) is 11.9 Å². The number of nitrogens with two attached hydrogens (primary N) is 1.